The minimum atomic E-state index is -0.257. The van der Waals surface area contributed by atoms with E-state index in [-0.39, 0.29) is 11.9 Å². The molecule has 1 amide bonds. The van der Waals surface area contributed by atoms with Crippen LogP contribution in [0.2, 0.25) is 0 Å². The Morgan fingerprint density at radius 3 is 2.52 bits per heavy atom. The molecule has 3 aromatic carbocycles. The molecule has 0 spiro atoms. The molecular formula is C28H31N3O2. The zero-order chi connectivity index (χ0) is 23.5. The SMILES string of the molecule is Cc1ccc(C(=O)NC(C)c2nc3ccccc3n2CCOc2ccc(C)c(C)c2)c(C)c1. The van der Waals surface area contributed by atoms with Crippen molar-refractivity contribution in [3.05, 3.63) is 94.3 Å². The van der Waals surface area contributed by atoms with Crippen LogP contribution in [0, 0.1) is 27.7 Å². The molecule has 1 aromatic heterocycles. The molecule has 0 fully saturated rings. The van der Waals surface area contributed by atoms with Crippen molar-refractivity contribution in [2.45, 2.75) is 47.2 Å². The van der Waals surface area contributed by atoms with Gasteiger partial charge in [-0.1, -0.05) is 35.9 Å². The fourth-order valence-electron chi connectivity index (χ4n) is 4.13. The van der Waals surface area contributed by atoms with E-state index in [1.807, 2.05) is 63.2 Å². The molecule has 1 N–H and O–H groups in total. The molecule has 1 atom stereocenters. The number of carbonyl (C=O) groups excluding carboxylic acids is 1. The highest BCUT2D eigenvalue weighted by atomic mass is 16.5. The number of imidazole rings is 1. The number of rotatable bonds is 7. The van der Waals surface area contributed by atoms with Gasteiger partial charge in [0.25, 0.3) is 5.91 Å². The summed E-state index contributed by atoms with van der Waals surface area (Å²) in [6.07, 6.45) is 0. The number of benzene rings is 3. The molecular weight excluding hydrogens is 410 g/mol. The predicted octanol–water partition coefficient (Wildman–Crippen LogP) is 5.84. The summed E-state index contributed by atoms with van der Waals surface area (Å²) in [6.45, 7) is 11.3. The Kier molecular flexibility index (Phi) is 6.50. The molecule has 4 aromatic rings. The number of hydrogen-bond acceptors (Lipinski definition) is 3. The van der Waals surface area contributed by atoms with E-state index in [9.17, 15) is 4.79 Å². The van der Waals surface area contributed by atoms with E-state index in [0.29, 0.717) is 18.7 Å². The first kappa shape index (κ1) is 22.6. The van der Waals surface area contributed by atoms with Gasteiger partial charge in [-0.05, 0) is 81.6 Å². The third kappa shape index (κ3) is 4.92. The van der Waals surface area contributed by atoms with Crippen LogP contribution in [0.15, 0.2) is 60.7 Å². The molecule has 0 saturated heterocycles. The lowest BCUT2D eigenvalue weighted by molar-refractivity contribution is 0.0937. The van der Waals surface area contributed by atoms with Crippen molar-refractivity contribution in [1.29, 1.82) is 0 Å². The molecule has 170 valence electrons. The van der Waals surface area contributed by atoms with Crippen LogP contribution in [0.25, 0.3) is 11.0 Å². The number of hydrogen-bond donors (Lipinski definition) is 1. The van der Waals surface area contributed by atoms with Crippen molar-refractivity contribution in [3.8, 4) is 5.75 Å². The molecule has 5 nitrogen and oxygen atoms in total. The summed E-state index contributed by atoms with van der Waals surface area (Å²) in [7, 11) is 0. The van der Waals surface area contributed by atoms with Gasteiger partial charge in [-0.15, -0.1) is 0 Å². The van der Waals surface area contributed by atoms with Crippen LogP contribution in [0.4, 0.5) is 0 Å². The van der Waals surface area contributed by atoms with Crippen LogP contribution in [0.5, 0.6) is 5.75 Å². The van der Waals surface area contributed by atoms with Crippen LogP contribution in [-0.2, 0) is 6.54 Å². The number of amides is 1. The molecule has 1 heterocycles. The summed E-state index contributed by atoms with van der Waals surface area (Å²) in [4.78, 5) is 17.8. The van der Waals surface area contributed by atoms with Gasteiger partial charge in [-0.3, -0.25) is 4.79 Å². The molecule has 0 bridgehead atoms. The molecule has 4 rings (SSSR count). The summed E-state index contributed by atoms with van der Waals surface area (Å²) in [5.74, 6) is 1.59. The van der Waals surface area contributed by atoms with Crippen molar-refractivity contribution in [3.63, 3.8) is 0 Å². The maximum Gasteiger partial charge on any atom is 0.252 e. The minimum Gasteiger partial charge on any atom is -0.492 e. The van der Waals surface area contributed by atoms with E-state index >= 15 is 0 Å². The second kappa shape index (κ2) is 9.49. The molecule has 5 heteroatoms. The van der Waals surface area contributed by atoms with Gasteiger partial charge in [-0.2, -0.15) is 0 Å². The van der Waals surface area contributed by atoms with Crippen molar-refractivity contribution in [2.75, 3.05) is 6.61 Å². The first-order valence-corrected chi connectivity index (χ1v) is 11.4. The van der Waals surface area contributed by atoms with Gasteiger partial charge in [-0.25, -0.2) is 4.98 Å². The fraction of sp³-hybridized carbons (Fsp3) is 0.286. The molecule has 0 aliphatic heterocycles. The molecule has 1 unspecified atom stereocenters. The molecule has 0 aliphatic rings. The number of fused-ring (bicyclic) bond motifs is 1. The van der Waals surface area contributed by atoms with E-state index in [0.717, 1.165) is 33.7 Å². The number of nitrogens with one attached hydrogen (secondary N) is 1. The lowest BCUT2D eigenvalue weighted by Crippen LogP contribution is -2.29. The third-order valence-electron chi connectivity index (χ3n) is 6.11. The van der Waals surface area contributed by atoms with E-state index < -0.39 is 0 Å². The Labute approximate surface area is 195 Å². The Hall–Kier alpha value is -3.60. The molecule has 33 heavy (non-hydrogen) atoms. The summed E-state index contributed by atoms with van der Waals surface area (Å²) < 4.78 is 8.18. The topological polar surface area (TPSA) is 56.2 Å². The predicted molar refractivity (Wildman–Crippen MR) is 133 cm³/mol. The Morgan fingerprint density at radius 2 is 1.76 bits per heavy atom. The zero-order valence-corrected chi connectivity index (χ0v) is 20.0. The highest BCUT2D eigenvalue weighted by Crippen LogP contribution is 2.22. The lowest BCUT2D eigenvalue weighted by atomic mass is 10.0. The first-order valence-electron chi connectivity index (χ1n) is 11.4. The van der Waals surface area contributed by atoms with Gasteiger partial charge in [0.05, 0.1) is 23.6 Å². The monoisotopic (exact) mass is 441 g/mol. The summed E-state index contributed by atoms with van der Waals surface area (Å²) >= 11 is 0. The second-order valence-corrected chi connectivity index (χ2v) is 8.72. The van der Waals surface area contributed by atoms with E-state index in [1.165, 1.54) is 11.1 Å². The quantitative estimate of drug-likeness (QED) is 0.392. The van der Waals surface area contributed by atoms with Crippen molar-refractivity contribution < 1.29 is 9.53 Å². The van der Waals surface area contributed by atoms with Crippen LogP contribution in [-0.4, -0.2) is 22.1 Å². The molecule has 0 radical (unpaired) electrons. The van der Waals surface area contributed by atoms with Crippen LogP contribution >= 0.6 is 0 Å². The van der Waals surface area contributed by atoms with Crippen molar-refractivity contribution in [1.82, 2.24) is 14.9 Å². The zero-order valence-electron chi connectivity index (χ0n) is 20.0. The average Bonchev–Trinajstić information content (AvgIpc) is 3.15. The summed E-state index contributed by atoms with van der Waals surface area (Å²) in [6, 6.07) is 19.8. The van der Waals surface area contributed by atoms with E-state index in [1.54, 1.807) is 0 Å². The first-order chi connectivity index (χ1) is 15.8. The average molecular weight is 442 g/mol. The number of nitrogens with zero attached hydrogens (tertiary/aromatic N) is 2. The standard InChI is InChI=1S/C28H31N3O2/c1-18-10-13-24(21(4)16-18)28(32)29-22(5)27-30-25-8-6-7-9-26(25)31(27)14-15-33-23-12-11-19(2)20(3)17-23/h6-13,16-17,22H,14-15H2,1-5H3,(H,29,32). The van der Waals surface area contributed by atoms with E-state index in [4.69, 9.17) is 9.72 Å². The highest BCUT2D eigenvalue weighted by molar-refractivity contribution is 5.96. The van der Waals surface area contributed by atoms with Gasteiger partial charge < -0.3 is 14.6 Å². The highest BCUT2D eigenvalue weighted by Gasteiger charge is 2.20. The van der Waals surface area contributed by atoms with Gasteiger partial charge in [0, 0.05) is 5.56 Å². The van der Waals surface area contributed by atoms with E-state index in [2.05, 4.69) is 41.9 Å². The van der Waals surface area contributed by atoms with Crippen LogP contribution in [0.3, 0.4) is 0 Å². The van der Waals surface area contributed by atoms with Gasteiger partial charge in [0.15, 0.2) is 0 Å². The number of carbonyl (C=O) groups is 1. The van der Waals surface area contributed by atoms with Gasteiger partial charge in [0.2, 0.25) is 0 Å². The maximum atomic E-state index is 13.0. The lowest BCUT2D eigenvalue weighted by Gasteiger charge is -2.17. The van der Waals surface area contributed by atoms with Gasteiger partial charge in [0.1, 0.15) is 18.2 Å². The Balaban J connectivity index is 1.54. The van der Waals surface area contributed by atoms with Gasteiger partial charge >= 0.3 is 0 Å². The maximum absolute atomic E-state index is 13.0. The van der Waals surface area contributed by atoms with Crippen LogP contribution in [0.1, 0.15) is 51.4 Å². The molecule has 0 saturated carbocycles. The molecule has 0 aliphatic carbocycles. The van der Waals surface area contributed by atoms with Crippen molar-refractivity contribution >= 4 is 16.9 Å². The van der Waals surface area contributed by atoms with Crippen molar-refractivity contribution in [2.24, 2.45) is 0 Å². The summed E-state index contributed by atoms with van der Waals surface area (Å²) in [5.41, 5.74) is 7.20. The second-order valence-electron chi connectivity index (χ2n) is 8.72. The summed E-state index contributed by atoms with van der Waals surface area (Å²) in [5, 5.41) is 3.13. The Bertz CT molecular complexity index is 1310. The minimum absolute atomic E-state index is 0.0926. The fourth-order valence-corrected chi connectivity index (χ4v) is 4.13. The largest absolute Gasteiger partial charge is 0.492 e. The Morgan fingerprint density at radius 1 is 0.970 bits per heavy atom. The smallest absolute Gasteiger partial charge is 0.252 e. The number of para-hydroxylation sites is 2. The number of aromatic nitrogens is 2. The normalized spacial score (nSPS) is 12.0. The third-order valence-corrected chi connectivity index (χ3v) is 6.11. The van der Waals surface area contributed by atoms with Crippen LogP contribution < -0.4 is 10.1 Å². The number of ether oxygens (including phenoxy) is 1. The number of aryl methyl sites for hydroxylation is 4.